The molecule has 0 amide bonds. The van der Waals surface area contributed by atoms with Gasteiger partial charge >= 0.3 is 0 Å². The van der Waals surface area contributed by atoms with Crippen LogP contribution in [-0.2, 0) is 4.74 Å². The van der Waals surface area contributed by atoms with Crippen LogP contribution < -0.4 is 9.47 Å². The number of aliphatic hydroxyl groups excluding tert-OH is 1. The highest BCUT2D eigenvalue weighted by Gasteiger charge is 2.26. The molecule has 0 saturated carbocycles. The minimum atomic E-state index is -0.807. The third-order valence-corrected chi connectivity index (χ3v) is 2.60. The van der Waals surface area contributed by atoms with Gasteiger partial charge < -0.3 is 19.3 Å². The minimum absolute atomic E-state index is 0.321. The normalized spacial score (nSPS) is 22.9. The quantitative estimate of drug-likeness (QED) is 0.857. The van der Waals surface area contributed by atoms with Crippen LogP contribution in [0.1, 0.15) is 12.5 Å². The van der Waals surface area contributed by atoms with Crippen molar-refractivity contribution in [2.45, 2.75) is 19.3 Å². The molecule has 2 atom stereocenters. The zero-order valence-corrected chi connectivity index (χ0v) is 10.0. The van der Waals surface area contributed by atoms with Gasteiger partial charge in [-0.15, -0.1) is 0 Å². The lowest BCUT2D eigenvalue weighted by Gasteiger charge is -2.10. The molecule has 5 nitrogen and oxygen atoms in total. The van der Waals surface area contributed by atoms with E-state index in [0.29, 0.717) is 17.4 Å². The highest BCUT2D eigenvalue weighted by Crippen LogP contribution is 2.29. The van der Waals surface area contributed by atoms with Crippen LogP contribution in [0.15, 0.2) is 23.2 Å². The van der Waals surface area contributed by atoms with E-state index in [2.05, 4.69) is 4.99 Å². The Kier molecular flexibility index (Phi) is 3.19. The van der Waals surface area contributed by atoms with Crippen molar-refractivity contribution in [2.24, 2.45) is 4.99 Å². The third kappa shape index (κ3) is 2.19. The van der Waals surface area contributed by atoms with E-state index in [4.69, 9.17) is 14.2 Å². The zero-order chi connectivity index (χ0) is 12.4. The van der Waals surface area contributed by atoms with E-state index < -0.39 is 6.23 Å². The summed E-state index contributed by atoms with van der Waals surface area (Å²) in [5.41, 5.74) is 0.756. The Bertz CT molecular complexity index is 444. The maximum Gasteiger partial charge on any atom is 0.219 e. The molecule has 2 unspecified atom stereocenters. The summed E-state index contributed by atoms with van der Waals surface area (Å²) in [4.78, 5) is 4.02. The Labute approximate surface area is 99.6 Å². The molecule has 1 N–H and O–H groups in total. The monoisotopic (exact) mass is 237 g/mol. The first-order valence-corrected chi connectivity index (χ1v) is 5.30. The SMILES string of the molecule is COc1ccc(C2=NC(O)C(C)O2)cc1OC. The molecule has 17 heavy (non-hydrogen) atoms. The van der Waals surface area contributed by atoms with E-state index in [1.165, 1.54) is 0 Å². The van der Waals surface area contributed by atoms with Gasteiger partial charge in [0, 0.05) is 5.56 Å². The van der Waals surface area contributed by atoms with Gasteiger partial charge in [0.15, 0.2) is 17.7 Å². The Hall–Kier alpha value is -1.75. The number of rotatable bonds is 3. The summed E-state index contributed by atoms with van der Waals surface area (Å²) in [5, 5.41) is 9.49. The van der Waals surface area contributed by atoms with Crippen LogP contribution in [0.3, 0.4) is 0 Å². The molecular formula is C12H15NO4. The summed E-state index contributed by atoms with van der Waals surface area (Å²) in [5.74, 6) is 1.67. The fraction of sp³-hybridized carbons (Fsp3) is 0.417. The number of methoxy groups -OCH3 is 2. The number of benzene rings is 1. The van der Waals surface area contributed by atoms with Crippen LogP contribution in [-0.4, -0.2) is 37.6 Å². The average molecular weight is 237 g/mol. The fourth-order valence-electron chi connectivity index (χ4n) is 1.60. The number of aliphatic imine (C=N–C) groups is 1. The topological polar surface area (TPSA) is 60.3 Å². The molecule has 0 fully saturated rings. The van der Waals surface area contributed by atoms with Crippen LogP contribution >= 0.6 is 0 Å². The van der Waals surface area contributed by atoms with E-state index in [1.54, 1.807) is 33.3 Å². The molecule has 0 bridgehead atoms. The Morgan fingerprint density at radius 3 is 2.47 bits per heavy atom. The molecule has 0 radical (unpaired) electrons. The van der Waals surface area contributed by atoms with Gasteiger partial charge in [-0.2, -0.15) is 0 Å². The van der Waals surface area contributed by atoms with E-state index in [0.717, 1.165) is 5.56 Å². The molecule has 1 heterocycles. The first-order chi connectivity index (χ1) is 8.15. The predicted octanol–water partition coefficient (Wildman–Crippen LogP) is 1.19. The second kappa shape index (κ2) is 4.63. The van der Waals surface area contributed by atoms with Gasteiger partial charge in [-0.25, -0.2) is 4.99 Å². The van der Waals surface area contributed by atoms with Crippen LogP contribution in [0, 0.1) is 0 Å². The molecule has 1 aromatic rings. The first kappa shape index (κ1) is 11.7. The highest BCUT2D eigenvalue weighted by molar-refractivity contribution is 5.95. The van der Waals surface area contributed by atoms with Crippen molar-refractivity contribution in [2.75, 3.05) is 14.2 Å². The average Bonchev–Trinajstić information content (AvgIpc) is 2.68. The van der Waals surface area contributed by atoms with Crippen LogP contribution in [0.4, 0.5) is 0 Å². The van der Waals surface area contributed by atoms with E-state index in [-0.39, 0.29) is 6.10 Å². The van der Waals surface area contributed by atoms with Crippen LogP contribution in [0.2, 0.25) is 0 Å². The number of aliphatic hydroxyl groups is 1. The van der Waals surface area contributed by atoms with Crippen LogP contribution in [0.5, 0.6) is 11.5 Å². The van der Waals surface area contributed by atoms with Gasteiger partial charge in [0.2, 0.25) is 5.90 Å². The van der Waals surface area contributed by atoms with Crippen LogP contribution in [0.25, 0.3) is 0 Å². The molecule has 1 aliphatic heterocycles. The maximum absolute atomic E-state index is 9.49. The summed E-state index contributed by atoms with van der Waals surface area (Å²) in [6, 6.07) is 5.35. The third-order valence-electron chi connectivity index (χ3n) is 2.60. The lowest BCUT2D eigenvalue weighted by Crippen LogP contribution is -2.17. The zero-order valence-electron chi connectivity index (χ0n) is 10.0. The van der Waals surface area contributed by atoms with Crippen molar-refractivity contribution in [3.63, 3.8) is 0 Å². The van der Waals surface area contributed by atoms with E-state index in [9.17, 15) is 5.11 Å². The fourth-order valence-corrected chi connectivity index (χ4v) is 1.60. The maximum atomic E-state index is 9.49. The molecule has 0 saturated heterocycles. The highest BCUT2D eigenvalue weighted by atomic mass is 16.5. The Morgan fingerprint density at radius 1 is 1.24 bits per heavy atom. The van der Waals surface area contributed by atoms with Crippen molar-refractivity contribution >= 4 is 5.90 Å². The summed E-state index contributed by atoms with van der Waals surface area (Å²) >= 11 is 0. The van der Waals surface area contributed by atoms with Crippen molar-refractivity contribution in [3.05, 3.63) is 23.8 Å². The standard InChI is InChI=1S/C12H15NO4/c1-7-11(14)13-12(17-7)8-4-5-9(15-2)10(6-8)16-3/h4-7,11,14H,1-3H3. The number of nitrogens with zero attached hydrogens (tertiary/aromatic N) is 1. The number of hydrogen-bond acceptors (Lipinski definition) is 5. The van der Waals surface area contributed by atoms with Crippen molar-refractivity contribution in [1.29, 1.82) is 0 Å². The molecular weight excluding hydrogens is 222 g/mol. The largest absolute Gasteiger partial charge is 0.493 e. The first-order valence-electron chi connectivity index (χ1n) is 5.30. The molecule has 2 rings (SSSR count). The lowest BCUT2D eigenvalue weighted by atomic mass is 10.2. The lowest BCUT2D eigenvalue weighted by molar-refractivity contribution is 0.0769. The molecule has 92 valence electrons. The molecule has 0 aromatic heterocycles. The summed E-state index contributed by atoms with van der Waals surface area (Å²) in [6.45, 7) is 1.77. The Balaban J connectivity index is 2.32. The molecule has 0 aliphatic carbocycles. The molecule has 1 aliphatic rings. The number of hydrogen-bond donors (Lipinski definition) is 1. The van der Waals surface area contributed by atoms with Gasteiger partial charge in [-0.1, -0.05) is 0 Å². The van der Waals surface area contributed by atoms with Crippen molar-refractivity contribution < 1.29 is 19.3 Å². The van der Waals surface area contributed by atoms with Gasteiger partial charge in [-0.05, 0) is 25.1 Å². The predicted molar refractivity (Wildman–Crippen MR) is 62.6 cm³/mol. The van der Waals surface area contributed by atoms with Crippen molar-refractivity contribution in [1.82, 2.24) is 0 Å². The summed E-state index contributed by atoms with van der Waals surface area (Å²) in [6.07, 6.45) is -1.13. The van der Waals surface area contributed by atoms with E-state index >= 15 is 0 Å². The molecule has 0 spiro atoms. The van der Waals surface area contributed by atoms with Gasteiger partial charge in [0.25, 0.3) is 0 Å². The molecule has 1 aromatic carbocycles. The summed E-state index contributed by atoms with van der Waals surface area (Å²) in [7, 11) is 3.14. The number of ether oxygens (including phenoxy) is 3. The second-order valence-corrected chi connectivity index (χ2v) is 3.74. The van der Waals surface area contributed by atoms with Gasteiger partial charge in [0.1, 0.15) is 6.10 Å². The van der Waals surface area contributed by atoms with Gasteiger partial charge in [0.05, 0.1) is 14.2 Å². The van der Waals surface area contributed by atoms with Crippen molar-refractivity contribution in [3.8, 4) is 11.5 Å². The van der Waals surface area contributed by atoms with E-state index in [1.807, 2.05) is 6.07 Å². The summed E-state index contributed by atoms with van der Waals surface area (Å²) < 4.78 is 15.8. The second-order valence-electron chi connectivity index (χ2n) is 3.74. The molecule has 5 heteroatoms. The van der Waals surface area contributed by atoms with Gasteiger partial charge in [-0.3, -0.25) is 0 Å². The smallest absolute Gasteiger partial charge is 0.219 e. The minimum Gasteiger partial charge on any atom is -0.493 e. The Morgan fingerprint density at radius 2 is 1.94 bits per heavy atom.